The molecule has 1 aromatic carbocycles. The second-order valence-corrected chi connectivity index (χ2v) is 6.10. The molecule has 0 aliphatic carbocycles. The number of benzene rings is 1. The van der Waals surface area contributed by atoms with Crippen molar-refractivity contribution in [2.45, 2.75) is 33.2 Å². The number of nitrogens with zero attached hydrogens (tertiary/aromatic N) is 2. The first-order chi connectivity index (χ1) is 9.37. The maximum atomic E-state index is 4.69. The summed E-state index contributed by atoms with van der Waals surface area (Å²) in [5, 5.41) is 3.40. The minimum absolute atomic E-state index is 0.00680. The Labute approximate surface area is 121 Å². The third kappa shape index (κ3) is 3.50. The molecule has 3 nitrogen and oxygen atoms in total. The van der Waals surface area contributed by atoms with Gasteiger partial charge in [0.1, 0.15) is 11.6 Å². The molecule has 0 saturated carbocycles. The predicted octanol–water partition coefficient (Wildman–Crippen LogP) is 4.37. The van der Waals surface area contributed by atoms with E-state index >= 15 is 0 Å². The zero-order chi connectivity index (χ0) is 14.8. The van der Waals surface area contributed by atoms with Crippen LogP contribution in [0.15, 0.2) is 42.5 Å². The standard InChI is InChI=1S/C17H23N3/c1-13-9-6-7-10-14(13)20(5)16-12-8-11-15(18-16)19-17(2,3)4/h6-12H,1-5H3,(H,18,19). The van der Waals surface area contributed by atoms with E-state index in [1.54, 1.807) is 0 Å². The normalized spacial score (nSPS) is 11.2. The van der Waals surface area contributed by atoms with Crippen LogP contribution in [0.25, 0.3) is 0 Å². The van der Waals surface area contributed by atoms with Crippen molar-refractivity contribution in [3.63, 3.8) is 0 Å². The Kier molecular flexibility index (Phi) is 3.98. The molecular formula is C17H23N3. The first-order valence-corrected chi connectivity index (χ1v) is 6.91. The van der Waals surface area contributed by atoms with Crippen molar-refractivity contribution in [3.05, 3.63) is 48.0 Å². The maximum Gasteiger partial charge on any atom is 0.135 e. The largest absolute Gasteiger partial charge is 0.365 e. The van der Waals surface area contributed by atoms with Gasteiger partial charge in [0.05, 0.1) is 0 Å². The fourth-order valence-corrected chi connectivity index (χ4v) is 2.13. The molecule has 0 amide bonds. The predicted molar refractivity (Wildman–Crippen MR) is 86.9 cm³/mol. The summed E-state index contributed by atoms with van der Waals surface area (Å²) >= 11 is 0. The summed E-state index contributed by atoms with van der Waals surface area (Å²) in [5.74, 6) is 1.84. The zero-order valence-corrected chi connectivity index (χ0v) is 12.9. The van der Waals surface area contributed by atoms with Crippen LogP contribution in [0.2, 0.25) is 0 Å². The van der Waals surface area contributed by atoms with E-state index in [2.05, 4.69) is 62.2 Å². The smallest absolute Gasteiger partial charge is 0.135 e. The number of hydrogen-bond acceptors (Lipinski definition) is 3. The molecule has 1 N–H and O–H groups in total. The van der Waals surface area contributed by atoms with Gasteiger partial charge < -0.3 is 10.2 Å². The van der Waals surface area contributed by atoms with Crippen LogP contribution in [0.5, 0.6) is 0 Å². The highest BCUT2D eigenvalue weighted by Crippen LogP contribution is 2.26. The topological polar surface area (TPSA) is 28.2 Å². The van der Waals surface area contributed by atoms with E-state index < -0.39 is 0 Å². The summed E-state index contributed by atoms with van der Waals surface area (Å²) in [6.07, 6.45) is 0. The van der Waals surface area contributed by atoms with E-state index in [0.717, 1.165) is 11.6 Å². The molecule has 0 radical (unpaired) electrons. The second-order valence-electron chi connectivity index (χ2n) is 6.10. The summed E-state index contributed by atoms with van der Waals surface area (Å²) in [7, 11) is 2.05. The van der Waals surface area contributed by atoms with E-state index in [4.69, 9.17) is 4.98 Å². The summed E-state index contributed by atoms with van der Waals surface area (Å²) in [6.45, 7) is 8.51. The van der Waals surface area contributed by atoms with Gasteiger partial charge in [-0.15, -0.1) is 0 Å². The summed E-state index contributed by atoms with van der Waals surface area (Å²) in [4.78, 5) is 6.80. The fourth-order valence-electron chi connectivity index (χ4n) is 2.13. The van der Waals surface area contributed by atoms with Gasteiger partial charge in [0.2, 0.25) is 0 Å². The average molecular weight is 269 g/mol. The molecule has 0 saturated heterocycles. The minimum Gasteiger partial charge on any atom is -0.365 e. The molecule has 1 aromatic heterocycles. The van der Waals surface area contributed by atoms with Crippen LogP contribution in [0.3, 0.4) is 0 Å². The van der Waals surface area contributed by atoms with Crippen LogP contribution in [0.4, 0.5) is 17.3 Å². The minimum atomic E-state index is 0.00680. The highest BCUT2D eigenvalue weighted by atomic mass is 15.2. The van der Waals surface area contributed by atoms with Gasteiger partial charge in [-0.3, -0.25) is 0 Å². The number of nitrogens with one attached hydrogen (secondary N) is 1. The molecule has 3 heteroatoms. The quantitative estimate of drug-likeness (QED) is 0.897. The van der Waals surface area contributed by atoms with E-state index in [1.807, 2.05) is 25.2 Å². The average Bonchev–Trinajstić information content (AvgIpc) is 2.37. The van der Waals surface area contributed by atoms with Gasteiger partial charge in [0.25, 0.3) is 0 Å². The van der Waals surface area contributed by atoms with Gasteiger partial charge in [-0.25, -0.2) is 4.98 Å². The van der Waals surface area contributed by atoms with Gasteiger partial charge in [-0.2, -0.15) is 0 Å². The molecule has 0 bridgehead atoms. The van der Waals surface area contributed by atoms with Crippen LogP contribution in [-0.4, -0.2) is 17.6 Å². The van der Waals surface area contributed by atoms with Crippen molar-refractivity contribution in [1.82, 2.24) is 4.98 Å². The molecular weight excluding hydrogens is 246 g/mol. The lowest BCUT2D eigenvalue weighted by Crippen LogP contribution is -2.27. The number of pyridine rings is 1. The second kappa shape index (κ2) is 5.53. The van der Waals surface area contributed by atoms with Crippen molar-refractivity contribution in [3.8, 4) is 0 Å². The van der Waals surface area contributed by atoms with Gasteiger partial charge in [-0.05, 0) is 51.5 Å². The van der Waals surface area contributed by atoms with Crippen LogP contribution >= 0.6 is 0 Å². The number of aromatic nitrogens is 1. The Morgan fingerprint density at radius 1 is 1.00 bits per heavy atom. The Hall–Kier alpha value is -2.03. The Morgan fingerprint density at radius 2 is 1.70 bits per heavy atom. The molecule has 2 rings (SSSR count). The molecule has 1 heterocycles. The number of rotatable bonds is 3. The molecule has 2 aromatic rings. The lowest BCUT2D eigenvalue weighted by Gasteiger charge is -2.24. The first-order valence-electron chi connectivity index (χ1n) is 6.91. The molecule has 106 valence electrons. The molecule has 0 unspecified atom stereocenters. The summed E-state index contributed by atoms with van der Waals surface area (Å²) in [5.41, 5.74) is 2.42. The van der Waals surface area contributed by atoms with Crippen molar-refractivity contribution >= 4 is 17.3 Å². The first kappa shape index (κ1) is 14.4. The molecule has 0 aliphatic rings. The molecule has 0 spiro atoms. The van der Waals surface area contributed by atoms with Gasteiger partial charge in [0, 0.05) is 18.3 Å². The van der Waals surface area contributed by atoms with Crippen LogP contribution < -0.4 is 10.2 Å². The van der Waals surface area contributed by atoms with E-state index in [1.165, 1.54) is 11.3 Å². The number of para-hydroxylation sites is 1. The van der Waals surface area contributed by atoms with Gasteiger partial charge >= 0.3 is 0 Å². The van der Waals surface area contributed by atoms with Crippen molar-refractivity contribution in [2.75, 3.05) is 17.3 Å². The third-order valence-corrected chi connectivity index (χ3v) is 3.06. The SMILES string of the molecule is Cc1ccccc1N(C)c1cccc(NC(C)(C)C)n1. The molecule has 0 aliphatic heterocycles. The molecule has 0 atom stereocenters. The van der Waals surface area contributed by atoms with Crippen LogP contribution in [-0.2, 0) is 0 Å². The van der Waals surface area contributed by atoms with E-state index in [-0.39, 0.29) is 5.54 Å². The molecule has 20 heavy (non-hydrogen) atoms. The summed E-state index contributed by atoms with van der Waals surface area (Å²) < 4.78 is 0. The number of anilines is 3. The maximum absolute atomic E-state index is 4.69. The zero-order valence-electron chi connectivity index (χ0n) is 12.9. The number of hydrogen-bond donors (Lipinski definition) is 1. The Bertz CT molecular complexity index is 585. The van der Waals surface area contributed by atoms with Gasteiger partial charge in [-0.1, -0.05) is 24.3 Å². The van der Waals surface area contributed by atoms with Crippen molar-refractivity contribution < 1.29 is 0 Å². The summed E-state index contributed by atoms with van der Waals surface area (Å²) in [6, 6.07) is 14.4. The van der Waals surface area contributed by atoms with Crippen molar-refractivity contribution in [1.29, 1.82) is 0 Å². The van der Waals surface area contributed by atoms with Gasteiger partial charge in [0.15, 0.2) is 0 Å². The number of aryl methyl sites for hydroxylation is 1. The highest BCUT2D eigenvalue weighted by molar-refractivity contribution is 5.64. The highest BCUT2D eigenvalue weighted by Gasteiger charge is 2.12. The van der Waals surface area contributed by atoms with Crippen LogP contribution in [0.1, 0.15) is 26.3 Å². The Morgan fingerprint density at radius 3 is 2.35 bits per heavy atom. The van der Waals surface area contributed by atoms with Crippen LogP contribution in [0, 0.1) is 6.92 Å². The molecule has 0 fully saturated rings. The monoisotopic (exact) mass is 269 g/mol. The lowest BCUT2D eigenvalue weighted by atomic mass is 10.1. The third-order valence-electron chi connectivity index (χ3n) is 3.06. The van der Waals surface area contributed by atoms with E-state index in [0.29, 0.717) is 0 Å². The fraction of sp³-hybridized carbons (Fsp3) is 0.353. The Balaban J connectivity index is 2.29. The van der Waals surface area contributed by atoms with E-state index in [9.17, 15) is 0 Å². The van der Waals surface area contributed by atoms with Crippen molar-refractivity contribution in [2.24, 2.45) is 0 Å². The lowest BCUT2D eigenvalue weighted by molar-refractivity contribution is 0.630.